The Morgan fingerprint density at radius 2 is 1.06 bits per heavy atom. The summed E-state index contributed by atoms with van der Waals surface area (Å²) in [4.78, 5) is 42.3. The first kappa shape index (κ1) is 33.8. The third kappa shape index (κ3) is 22.5. The Kier molecular flexibility index (Phi) is 27.8. The van der Waals surface area contributed by atoms with Crippen molar-refractivity contribution in [3.05, 3.63) is 0 Å². The predicted octanol–water partition coefficient (Wildman–Crippen LogP) is -14.5. The van der Waals surface area contributed by atoms with Gasteiger partial charge in [-0.1, -0.05) is 15.2 Å². The summed E-state index contributed by atoms with van der Waals surface area (Å²) in [6, 6.07) is -0.498. The van der Waals surface area contributed by atoms with Crippen LogP contribution in [0.5, 0.6) is 0 Å². The minimum atomic E-state index is -4.83. The van der Waals surface area contributed by atoms with Gasteiger partial charge in [0.2, 0.25) is 0 Å². The number of hydrogen-bond donors (Lipinski definition) is 0. The van der Waals surface area contributed by atoms with Gasteiger partial charge in [-0.25, -0.2) is 0 Å². The van der Waals surface area contributed by atoms with Crippen molar-refractivity contribution in [1.82, 2.24) is 4.90 Å². The molecule has 0 aromatic carbocycles. The van der Waals surface area contributed by atoms with Gasteiger partial charge in [-0.05, 0) is 13.8 Å². The first-order chi connectivity index (χ1) is 6.01. The molecule has 0 fully saturated rings. The van der Waals surface area contributed by atoms with E-state index in [1.54, 1.807) is 0 Å². The molecular weight excluding hydrogens is 324 g/mol. The Hall–Kier alpha value is 4.26. The molecule has 7 nitrogen and oxygen atoms in total. The molecule has 0 spiro atoms. The summed E-state index contributed by atoms with van der Waals surface area (Å²) in [5.41, 5.74) is 0. The van der Waals surface area contributed by atoms with Gasteiger partial charge < -0.3 is 28.7 Å². The number of nitrogens with zero attached hydrogens (tertiary/aromatic N) is 1. The van der Waals surface area contributed by atoms with Crippen LogP contribution in [0.4, 0.5) is 0 Å². The van der Waals surface area contributed by atoms with Crippen LogP contribution in [-0.2, 0) is 9.13 Å². The molecule has 0 aliphatic carbocycles. The quantitative estimate of drug-likeness (QED) is 0.360. The molecule has 0 aliphatic heterocycles. The van der Waals surface area contributed by atoms with Gasteiger partial charge >= 0.3 is 118 Å². The topological polar surface area (TPSA) is 130 Å². The number of hydrogen-bond acceptors (Lipinski definition) is 7. The van der Waals surface area contributed by atoms with Gasteiger partial charge in [0, 0.05) is 18.6 Å². The van der Waals surface area contributed by atoms with Gasteiger partial charge in [-0.3, -0.25) is 4.90 Å². The second kappa shape index (κ2) is 14.8. The fourth-order valence-corrected chi connectivity index (χ4v) is 2.72. The van der Waals surface area contributed by atoms with E-state index in [0.29, 0.717) is 0 Å². The standard InChI is InChI=1S/C5H15NO6P2.4Na/c1-5(2)6(3-13(7,8)9)4-14(10,11)12;;;;/h5H,3-4H2,1-2H3,(H2,7,8,9)(H2,10,11,12);;;;/q;4*+1/p-4. The monoisotopic (exact) mass is 335 g/mol. The molecule has 0 aromatic rings. The van der Waals surface area contributed by atoms with Crippen molar-refractivity contribution in [2.24, 2.45) is 0 Å². The van der Waals surface area contributed by atoms with E-state index in [4.69, 9.17) is 0 Å². The first-order valence-electron chi connectivity index (χ1n) is 3.77. The summed E-state index contributed by atoms with van der Waals surface area (Å²) < 4.78 is 20.7. The summed E-state index contributed by atoms with van der Waals surface area (Å²) in [7, 11) is -9.67. The van der Waals surface area contributed by atoms with Crippen LogP contribution in [-0.4, -0.2) is 23.5 Å². The van der Waals surface area contributed by atoms with E-state index < -0.39 is 33.8 Å². The van der Waals surface area contributed by atoms with Gasteiger partial charge in [0.1, 0.15) is 0 Å². The second-order valence-corrected chi connectivity index (χ2v) is 6.20. The minimum Gasteiger partial charge on any atom is -0.810 e. The van der Waals surface area contributed by atoms with Crippen LogP contribution in [0.25, 0.3) is 0 Å². The van der Waals surface area contributed by atoms with Gasteiger partial charge in [-0.2, -0.15) is 0 Å². The summed E-state index contributed by atoms with van der Waals surface area (Å²) >= 11 is 0. The Balaban J connectivity index is -0.000000141. The molecule has 0 atom stereocenters. The maximum atomic E-state index is 10.4. The van der Waals surface area contributed by atoms with Crippen LogP contribution in [0.2, 0.25) is 0 Å². The third-order valence-corrected chi connectivity index (χ3v) is 2.86. The van der Waals surface area contributed by atoms with E-state index in [-0.39, 0.29) is 118 Å². The zero-order valence-corrected chi connectivity index (χ0v) is 21.6. The van der Waals surface area contributed by atoms with Crippen molar-refractivity contribution in [3.8, 4) is 0 Å². The molecule has 0 saturated carbocycles. The number of rotatable bonds is 5. The van der Waals surface area contributed by atoms with E-state index in [9.17, 15) is 28.7 Å². The Bertz CT molecular complexity index is 257. The molecule has 0 N–H and O–H groups in total. The van der Waals surface area contributed by atoms with Crippen LogP contribution in [0, 0.1) is 0 Å². The van der Waals surface area contributed by atoms with Crippen molar-refractivity contribution in [2.45, 2.75) is 19.9 Å². The summed E-state index contributed by atoms with van der Waals surface area (Å²) in [6.07, 6.45) is -1.89. The van der Waals surface area contributed by atoms with E-state index in [0.717, 1.165) is 4.90 Å². The fraction of sp³-hybridized carbons (Fsp3) is 1.00. The average Bonchev–Trinajstić information content (AvgIpc) is 1.78. The van der Waals surface area contributed by atoms with E-state index in [1.807, 2.05) is 0 Å². The second-order valence-electron chi connectivity index (χ2n) is 3.19. The Morgan fingerprint density at radius 1 is 0.833 bits per heavy atom. The van der Waals surface area contributed by atoms with Crippen LogP contribution in [0.15, 0.2) is 0 Å². The van der Waals surface area contributed by atoms with Gasteiger partial charge in [0.05, 0.1) is 0 Å². The van der Waals surface area contributed by atoms with E-state index in [1.165, 1.54) is 13.8 Å². The van der Waals surface area contributed by atoms with Crippen LogP contribution in [0.1, 0.15) is 13.8 Å². The molecular formula is C5H11NNa4O6P2. The zero-order valence-electron chi connectivity index (χ0n) is 11.8. The zero-order chi connectivity index (χ0) is 11.6. The fourth-order valence-electron chi connectivity index (χ4n) is 0.816. The average molecular weight is 335 g/mol. The van der Waals surface area contributed by atoms with Gasteiger partial charge in [-0.15, -0.1) is 0 Å². The molecule has 0 amide bonds. The van der Waals surface area contributed by atoms with Gasteiger partial charge in [0.25, 0.3) is 0 Å². The molecule has 0 radical (unpaired) electrons. The van der Waals surface area contributed by atoms with Crippen LogP contribution >= 0.6 is 15.2 Å². The summed E-state index contributed by atoms with van der Waals surface area (Å²) in [5, 5.41) is 0. The summed E-state index contributed by atoms with van der Waals surface area (Å²) in [5.74, 6) is 0. The van der Waals surface area contributed by atoms with Crippen molar-refractivity contribution in [3.63, 3.8) is 0 Å². The minimum absolute atomic E-state index is 0. The Morgan fingerprint density at radius 3 is 1.17 bits per heavy atom. The molecule has 0 heterocycles. The van der Waals surface area contributed by atoms with Crippen LogP contribution in [0.3, 0.4) is 0 Å². The molecule has 0 saturated heterocycles. The van der Waals surface area contributed by atoms with Crippen LogP contribution < -0.4 is 138 Å². The predicted molar refractivity (Wildman–Crippen MR) is 41.9 cm³/mol. The first-order valence-corrected chi connectivity index (χ1v) is 7.23. The molecule has 0 bridgehead atoms. The summed E-state index contributed by atoms with van der Waals surface area (Å²) in [6.45, 7) is 2.98. The largest absolute Gasteiger partial charge is 1.00 e. The van der Waals surface area contributed by atoms with E-state index >= 15 is 0 Å². The van der Waals surface area contributed by atoms with Crippen molar-refractivity contribution in [1.29, 1.82) is 0 Å². The smallest absolute Gasteiger partial charge is 0.810 e. The molecule has 18 heavy (non-hydrogen) atoms. The maximum Gasteiger partial charge on any atom is 1.00 e. The molecule has 86 valence electrons. The molecule has 13 heteroatoms. The molecule has 0 unspecified atom stereocenters. The molecule has 0 rings (SSSR count). The normalized spacial score (nSPS) is 10.9. The van der Waals surface area contributed by atoms with Crippen molar-refractivity contribution >= 4 is 15.2 Å². The van der Waals surface area contributed by atoms with Gasteiger partial charge in [0.15, 0.2) is 0 Å². The Labute approximate surface area is 196 Å². The molecule has 0 aromatic heterocycles. The van der Waals surface area contributed by atoms with Crippen molar-refractivity contribution in [2.75, 3.05) is 12.6 Å². The van der Waals surface area contributed by atoms with Crippen molar-refractivity contribution < 1.29 is 147 Å². The maximum absolute atomic E-state index is 10.4. The molecule has 0 aliphatic rings. The SMILES string of the molecule is CC(C)N(CP(=O)([O-])[O-])CP(=O)([O-])[O-].[Na+].[Na+].[Na+].[Na+]. The third-order valence-electron chi connectivity index (χ3n) is 1.44. The van der Waals surface area contributed by atoms with E-state index in [2.05, 4.69) is 0 Å².